The fraction of sp³-hybridized carbons (Fsp3) is 0.250. The zero-order valence-corrected chi connectivity index (χ0v) is 19.9. The van der Waals surface area contributed by atoms with Gasteiger partial charge in [0.2, 0.25) is 5.91 Å². The summed E-state index contributed by atoms with van der Waals surface area (Å²) in [6, 6.07) is 12.1. The number of aromatic nitrogens is 3. The second kappa shape index (κ2) is 8.82. The van der Waals surface area contributed by atoms with Crippen LogP contribution in [0.2, 0.25) is 0 Å². The van der Waals surface area contributed by atoms with Gasteiger partial charge in [-0.3, -0.25) is 19.3 Å². The van der Waals surface area contributed by atoms with Crippen molar-refractivity contribution in [2.75, 3.05) is 5.32 Å². The van der Waals surface area contributed by atoms with Crippen molar-refractivity contribution in [2.45, 2.75) is 43.8 Å². The highest BCUT2D eigenvalue weighted by molar-refractivity contribution is 6.13. The number of benzene rings is 2. The molecular formula is C28H23FN6O2. The van der Waals surface area contributed by atoms with Crippen LogP contribution in [-0.2, 0) is 16.9 Å². The van der Waals surface area contributed by atoms with E-state index in [1.807, 2.05) is 24.3 Å². The smallest absolute Gasteiger partial charge is 0.258 e. The summed E-state index contributed by atoms with van der Waals surface area (Å²) in [7, 11) is 0. The molecule has 2 heterocycles. The minimum Gasteiger partial charge on any atom is -0.352 e. The molecule has 2 saturated carbocycles. The highest BCUT2D eigenvalue weighted by Gasteiger charge is 2.52. The number of amides is 2. The molecule has 0 atom stereocenters. The Morgan fingerprint density at radius 3 is 2.62 bits per heavy atom. The molecule has 2 aliphatic carbocycles. The number of nitrogens with zero attached hydrogens (tertiary/aromatic N) is 4. The zero-order chi connectivity index (χ0) is 25.6. The van der Waals surface area contributed by atoms with Crippen molar-refractivity contribution in [3.63, 3.8) is 0 Å². The van der Waals surface area contributed by atoms with Gasteiger partial charge in [0.1, 0.15) is 12.4 Å². The summed E-state index contributed by atoms with van der Waals surface area (Å²) in [5, 5.41) is 10.4. The number of carbonyl (C=O) groups is 2. The Balaban J connectivity index is 1.31. The summed E-state index contributed by atoms with van der Waals surface area (Å²) in [4.78, 5) is 33.6. The van der Waals surface area contributed by atoms with E-state index in [0.29, 0.717) is 22.2 Å². The van der Waals surface area contributed by atoms with Crippen LogP contribution in [0.4, 0.5) is 10.1 Å². The van der Waals surface area contributed by atoms with Gasteiger partial charge in [0.05, 0.1) is 23.0 Å². The van der Waals surface area contributed by atoms with Crippen molar-refractivity contribution in [3.8, 4) is 11.1 Å². The van der Waals surface area contributed by atoms with Gasteiger partial charge in [-0.2, -0.15) is 5.10 Å². The average Bonchev–Trinajstić information content (AvgIpc) is 3.83. The molecule has 0 spiro atoms. The Morgan fingerprint density at radius 2 is 1.92 bits per heavy atom. The number of anilines is 1. The topological polar surface area (TPSA) is 93.3 Å². The lowest BCUT2D eigenvalue weighted by atomic mass is 9.94. The molecule has 2 fully saturated rings. The van der Waals surface area contributed by atoms with Crippen molar-refractivity contribution in [3.05, 3.63) is 89.4 Å². The van der Waals surface area contributed by atoms with Gasteiger partial charge < -0.3 is 15.5 Å². The van der Waals surface area contributed by atoms with Crippen LogP contribution in [0.15, 0.2) is 61.1 Å². The maximum Gasteiger partial charge on any atom is 0.258 e. The second-order valence-corrected chi connectivity index (χ2v) is 9.65. The lowest BCUT2D eigenvalue weighted by molar-refractivity contribution is -0.122. The molecular weight excluding hydrogens is 471 g/mol. The lowest BCUT2D eigenvalue weighted by Gasteiger charge is -2.14. The number of pyridine rings is 1. The average molecular weight is 495 g/mol. The molecule has 37 heavy (non-hydrogen) atoms. The van der Waals surface area contributed by atoms with E-state index in [9.17, 15) is 14.0 Å². The molecule has 8 nitrogen and oxygen atoms in total. The highest BCUT2D eigenvalue weighted by Crippen LogP contribution is 2.50. The molecule has 4 aromatic rings. The molecule has 0 bridgehead atoms. The highest BCUT2D eigenvalue weighted by atomic mass is 19.1. The first-order valence-electron chi connectivity index (χ1n) is 12.2. The van der Waals surface area contributed by atoms with Crippen LogP contribution in [0, 0.1) is 12.4 Å². The molecule has 0 unspecified atom stereocenters. The van der Waals surface area contributed by atoms with Gasteiger partial charge in [-0.25, -0.2) is 11.0 Å². The number of hydrogen-bond acceptors (Lipinski definition) is 4. The molecule has 184 valence electrons. The molecule has 2 aromatic carbocycles. The van der Waals surface area contributed by atoms with Gasteiger partial charge in [0, 0.05) is 47.8 Å². The maximum absolute atomic E-state index is 14.3. The van der Waals surface area contributed by atoms with E-state index in [0.717, 1.165) is 36.8 Å². The minimum atomic E-state index is -0.444. The zero-order valence-electron chi connectivity index (χ0n) is 19.9. The summed E-state index contributed by atoms with van der Waals surface area (Å²) in [5.74, 6) is -0.985. The Hall–Kier alpha value is -4.58. The SMILES string of the molecule is [C-]#[N+]C1(c2ccc(-c3c(C(=O)Nc4cnn(CC(=O)NC5CC5)c4)cnc4ccc(F)cc34)cc2)CC1. The number of hydrogen-bond donors (Lipinski definition) is 2. The monoisotopic (exact) mass is 494 g/mol. The van der Waals surface area contributed by atoms with Crippen molar-refractivity contribution >= 4 is 28.4 Å². The van der Waals surface area contributed by atoms with Crippen LogP contribution < -0.4 is 10.6 Å². The lowest BCUT2D eigenvalue weighted by Crippen LogP contribution is -2.29. The van der Waals surface area contributed by atoms with Crippen molar-refractivity contribution in [1.29, 1.82) is 0 Å². The number of carbonyl (C=O) groups excluding carboxylic acids is 2. The molecule has 2 aromatic heterocycles. The Bertz CT molecular complexity index is 1580. The van der Waals surface area contributed by atoms with E-state index < -0.39 is 17.3 Å². The van der Waals surface area contributed by atoms with E-state index in [2.05, 4.69) is 25.6 Å². The summed E-state index contributed by atoms with van der Waals surface area (Å²) >= 11 is 0. The normalized spacial score (nSPS) is 15.7. The standard InChI is InChI=1S/C28H23FN6O2/c1-30-28(10-11-28)18-4-2-17(3-5-18)26-22-12-19(29)6-9-24(22)31-14-23(26)27(37)34-21-13-32-35(15-21)16-25(36)33-20-7-8-20/h2-6,9,12-15,20H,7-8,10-11,16H2,(H,33,36)(H,34,37). The summed E-state index contributed by atoms with van der Waals surface area (Å²) in [6.07, 6.45) is 8.22. The van der Waals surface area contributed by atoms with Crippen LogP contribution in [0.5, 0.6) is 0 Å². The molecule has 0 saturated heterocycles. The quantitative estimate of drug-likeness (QED) is 0.365. The van der Waals surface area contributed by atoms with Crippen LogP contribution in [0.25, 0.3) is 26.9 Å². The van der Waals surface area contributed by atoms with Gasteiger partial charge in [0.25, 0.3) is 11.4 Å². The largest absolute Gasteiger partial charge is 0.352 e. The third kappa shape index (κ3) is 4.54. The van der Waals surface area contributed by atoms with E-state index >= 15 is 0 Å². The summed E-state index contributed by atoms with van der Waals surface area (Å²) in [5.41, 5.74) is 3.04. The van der Waals surface area contributed by atoms with Crippen LogP contribution in [0.1, 0.15) is 41.6 Å². The van der Waals surface area contributed by atoms with E-state index in [-0.39, 0.29) is 24.1 Å². The maximum atomic E-state index is 14.3. The first kappa shape index (κ1) is 22.9. The van der Waals surface area contributed by atoms with Gasteiger partial charge in [0.15, 0.2) is 0 Å². The van der Waals surface area contributed by atoms with Crippen LogP contribution in [0.3, 0.4) is 0 Å². The second-order valence-electron chi connectivity index (χ2n) is 9.65. The van der Waals surface area contributed by atoms with E-state index in [1.54, 1.807) is 12.3 Å². The number of rotatable bonds is 7. The third-order valence-corrected chi connectivity index (χ3v) is 6.86. The van der Waals surface area contributed by atoms with Crippen LogP contribution in [-0.4, -0.2) is 32.6 Å². The Kier molecular flexibility index (Phi) is 5.45. The molecule has 2 aliphatic rings. The van der Waals surface area contributed by atoms with Gasteiger partial charge >= 0.3 is 0 Å². The Morgan fingerprint density at radius 1 is 1.14 bits per heavy atom. The molecule has 9 heteroatoms. The van der Waals surface area contributed by atoms with Gasteiger partial charge in [-0.1, -0.05) is 24.3 Å². The van der Waals surface area contributed by atoms with Crippen molar-refractivity contribution in [1.82, 2.24) is 20.1 Å². The molecule has 2 amide bonds. The number of nitrogens with one attached hydrogen (secondary N) is 2. The summed E-state index contributed by atoms with van der Waals surface area (Å²) < 4.78 is 15.7. The van der Waals surface area contributed by atoms with E-state index in [4.69, 9.17) is 6.57 Å². The molecule has 2 N–H and O–H groups in total. The molecule has 6 rings (SSSR count). The molecule has 0 radical (unpaired) electrons. The van der Waals surface area contributed by atoms with Gasteiger partial charge in [-0.05, 0) is 36.6 Å². The predicted molar refractivity (Wildman–Crippen MR) is 136 cm³/mol. The van der Waals surface area contributed by atoms with Crippen molar-refractivity contribution < 1.29 is 14.0 Å². The van der Waals surface area contributed by atoms with E-state index in [1.165, 1.54) is 29.2 Å². The Labute approximate surface area is 212 Å². The summed E-state index contributed by atoms with van der Waals surface area (Å²) in [6.45, 7) is 7.58. The van der Waals surface area contributed by atoms with Gasteiger partial charge in [-0.15, -0.1) is 0 Å². The third-order valence-electron chi connectivity index (χ3n) is 6.86. The first-order chi connectivity index (χ1) is 17.9. The first-order valence-corrected chi connectivity index (χ1v) is 12.2. The number of halogens is 1. The fourth-order valence-electron chi connectivity index (χ4n) is 4.54. The molecule has 0 aliphatic heterocycles. The van der Waals surface area contributed by atoms with Crippen molar-refractivity contribution in [2.24, 2.45) is 0 Å². The minimum absolute atomic E-state index is 0.0624. The number of fused-ring (bicyclic) bond motifs is 1. The predicted octanol–water partition coefficient (Wildman–Crippen LogP) is 4.68. The van der Waals surface area contributed by atoms with Crippen LogP contribution >= 0.6 is 0 Å². The fourth-order valence-corrected chi connectivity index (χ4v) is 4.54.